The first kappa shape index (κ1) is 15.4. The van der Waals surface area contributed by atoms with Crippen molar-refractivity contribution in [2.75, 3.05) is 20.3 Å². The largest absolute Gasteiger partial charge is 0.490 e. The minimum absolute atomic E-state index is 0.0774. The van der Waals surface area contributed by atoms with Gasteiger partial charge in [-0.3, -0.25) is 4.68 Å². The van der Waals surface area contributed by atoms with E-state index in [1.165, 1.54) is 0 Å². The lowest BCUT2D eigenvalue weighted by molar-refractivity contribution is 0.287. The van der Waals surface area contributed by atoms with Crippen LogP contribution < -0.4 is 14.8 Å². The van der Waals surface area contributed by atoms with Crippen molar-refractivity contribution in [3.63, 3.8) is 0 Å². The number of aryl methyl sites for hydroxylation is 1. The van der Waals surface area contributed by atoms with Crippen LogP contribution in [0.4, 0.5) is 0 Å². The molecule has 0 radical (unpaired) electrons. The molecule has 0 spiro atoms. The second-order valence-corrected chi connectivity index (χ2v) is 4.74. The Bertz CT molecular complexity index is 581. The Morgan fingerprint density at radius 1 is 1.14 bits per heavy atom. The molecule has 2 aromatic rings. The van der Waals surface area contributed by atoms with Crippen LogP contribution in [0.15, 0.2) is 30.6 Å². The van der Waals surface area contributed by atoms with E-state index in [4.69, 9.17) is 9.47 Å². The van der Waals surface area contributed by atoms with E-state index < -0.39 is 0 Å². The highest BCUT2D eigenvalue weighted by atomic mass is 16.5. The Balaban J connectivity index is 2.35. The van der Waals surface area contributed by atoms with Crippen LogP contribution in [0.3, 0.4) is 0 Å². The third kappa shape index (κ3) is 3.55. The van der Waals surface area contributed by atoms with Gasteiger partial charge in [0.05, 0.1) is 25.5 Å². The zero-order valence-electron chi connectivity index (χ0n) is 13.1. The molecule has 5 nitrogen and oxygen atoms in total. The van der Waals surface area contributed by atoms with Crippen LogP contribution in [0.5, 0.6) is 11.5 Å². The zero-order chi connectivity index (χ0) is 15.2. The second-order valence-electron chi connectivity index (χ2n) is 4.74. The Kier molecular flexibility index (Phi) is 5.22. The fourth-order valence-electron chi connectivity index (χ4n) is 2.36. The molecule has 1 aromatic heterocycles. The molecule has 1 heterocycles. The molecule has 2 rings (SSSR count). The number of hydrogen-bond acceptors (Lipinski definition) is 4. The molecule has 0 amide bonds. The molecule has 1 atom stereocenters. The first-order valence-corrected chi connectivity index (χ1v) is 7.24. The van der Waals surface area contributed by atoms with Gasteiger partial charge in [0, 0.05) is 18.8 Å². The summed E-state index contributed by atoms with van der Waals surface area (Å²) in [4.78, 5) is 0. The lowest BCUT2D eigenvalue weighted by Gasteiger charge is -2.18. The monoisotopic (exact) mass is 289 g/mol. The van der Waals surface area contributed by atoms with Gasteiger partial charge in [-0.1, -0.05) is 6.07 Å². The maximum Gasteiger partial charge on any atom is 0.161 e. The highest BCUT2D eigenvalue weighted by molar-refractivity contribution is 5.45. The molecule has 0 aliphatic heterocycles. The van der Waals surface area contributed by atoms with Crippen molar-refractivity contribution in [2.45, 2.75) is 19.9 Å². The topological polar surface area (TPSA) is 48.3 Å². The molecule has 5 heteroatoms. The summed E-state index contributed by atoms with van der Waals surface area (Å²) < 4.78 is 13.1. The van der Waals surface area contributed by atoms with Gasteiger partial charge < -0.3 is 14.8 Å². The Hall–Kier alpha value is -2.01. The quantitative estimate of drug-likeness (QED) is 0.851. The van der Waals surface area contributed by atoms with E-state index in [-0.39, 0.29) is 6.04 Å². The molecule has 114 valence electrons. The number of nitrogens with one attached hydrogen (secondary N) is 1. The third-order valence-electron chi connectivity index (χ3n) is 3.25. The standard InChI is InChI=1S/C16H23N3O2/c1-5-20-14-8-7-12(9-15(14)21-6-2)16(17-3)13-10-18-19(4)11-13/h7-11,16-17H,5-6H2,1-4H3. The normalized spacial score (nSPS) is 12.2. The predicted octanol–water partition coefficient (Wildman–Crippen LogP) is 2.53. The summed E-state index contributed by atoms with van der Waals surface area (Å²) in [6, 6.07) is 6.13. The number of benzene rings is 1. The third-order valence-corrected chi connectivity index (χ3v) is 3.25. The summed E-state index contributed by atoms with van der Waals surface area (Å²) in [5, 5.41) is 7.56. The Labute approximate surface area is 125 Å². The summed E-state index contributed by atoms with van der Waals surface area (Å²) in [5.74, 6) is 1.56. The van der Waals surface area contributed by atoms with Crippen LogP contribution in [0.25, 0.3) is 0 Å². The fraction of sp³-hybridized carbons (Fsp3) is 0.438. The summed E-state index contributed by atoms with van der Waals surface area (Å²) in [7, 11) is 3.86. The van der Waals surface area contributed by atoms with Crippen molar-refractivity contribution in [1.82, 2.24) is 15.1 Å². The number of aromatic nitrogens is 2. The van der Waals surface area contributed by atoms with Gasteiger partial charge in [0.25, 0.3) is 0 Å². The van der Waals surface area contributed by atoms with Crippen LogP contribution in [-0.2, 0) is 7.05 Å². The average Bonchev–Trinajstić information content (AvgIpc) is 2.89. The summed E-state index contributed by atoms with van der Waals surface area (Å²) in [5.41, 5.74) is 2.24. The first-order chi connectivity index (χ1) is 10.2. The minimum atomic E-state index is 0.0774. The maximum absolute atomic E-state index is 5.69. The molecule has 0 aliphatic rings. The van der Waals surface area contributed by atoms with E-state index >= 15 is 0 Å². The average molecular weight is 289 g/mol. The molecule has 1 N–H and O–H groups in total. The van der Waals surface area contributed by atoms with Gasteiger partial charge >= 0.3 is 0 Å². The van der Waals surface area contributed by atoms with Gasteiger partial charge in [0.1, 0.15) is 0 Å². The van der Waals surface area contributed by atoms with Gasteiger partial charge in [-0.15, -0.1) is 0 Å². The number of ether oxygens (including phenoxy) is 2. The van der Waals surface area contributed by atoms with E-state index in [0.717, 1.165) is 22.6 Å². The van der Waals surface area contributed by atoms with Crippen molar-refractivity contribution in [3.05, 3.63) is 41.7 Å². The minimum Gasteiger partial charge on any atom is -0.490 e. The van der Waals surface area contributed by atoms with Gasteiger partial charge in [0.15, 0.2) is 11.5 Å². The molecule has 0 bridgehead atoms. The summed E-state index contributed by atoms with van der Waals surface area (Å²) in [6.45, 7) is 5.17. The Morgan fingerprint density at radius 3 is 2.43 bits per heavy atom. The van der Waals surface area contributed by atoms with Crippen molar-refractivity contribution in [1.29, 1.82) is 0 Å². The molecule has 0 saturated heterocycles. The van der Waals surface area contributed by atoms with Crippen molar-refractivity contribution in [3.8, 4) is 11.5 Å². The van der Waals surface area contributed by atoms with Crippen LogP contribution >= 0.6 is 0 Å². The van der Waals surface area contributed by atoms with E-state index in [2.05, 4.69) is 16.5 Å². The van der Waals surface area contributed by atoms with E-state index in [0.29, 0.717) is 13.2 Å². The van der Waals surface area contributed by atoms with E-state index in [1.807, 2.05) is 52.5 Å². The van der Waals surface area contributed by atoms with Crippen LogP contribution in [-0.4, -0.2) is 30.0 Å². The molecule has 21 heavy (non-hydrogen) atoms. The lowest BCUT2D eigenvalue weighted by atomic mass is 10.0. The van der Waals surface area contributed by atoms with E-state index in [1.54, 1.807) is 4.68 Å². The fourth-order valence-corrected chi connectivity index (χ4v) is 2.36. The molecular formula is C16H23N3O2. The highest BCUT2D eigenvalue weighted by Crippen LogP contribution is 2.32. The van der Waals surface area contributed by atoms with Gasteiger partial charge in [-0.2, -0.15) is 5.10 Å². The van der Waals surface area contributed by atoms with E-state index in [9.17, 15) is 0 Å². The molecule has 1 aromatic carbocycles. The van der Waals surface area contributed by atoms with Gasteiger partial charge in [0.2, 0.25) is 0 Å². The SMILES string of the molecule is CCOc1ccc(C(NC)c2cnn(C)c2)cc1OCC. The van der Waals surface area contributed by atoms with Crippen molar-refractivity contribution in [2.24, 2.45) is 7.05 Å². The maximum atomic E-state index is 5.69. The molecule has 1 unspecified atom stereocenters. The second kappa shape index (κ2) is 7.13. The van der Waals surface area contributed by atoms with Crippen molar-refractivity contribution >= 4 is 0 Å². The molecule has 0 aliphatic carbocycles. The van der Waals surface area contributed by atoms with Crippen LogP contribution in [0.2, 0.25) is 0 Å². The Morgan fingerprint density at radius 2 is 1.86 bits per heavy atom. The lowest BCUT2D eigenvalue weighted by Crippen LogP contribution is -2.17. The smallest absolute Gasteiger partial charge is 0.161 e. The van der Waals surface area contributed by atoms with Crippen LogP contribution in [0, 0.1) is 0 Å². The number of hydrogen-bond donors (Lipinski definition) is 1. The van der Waals surface area contributed by atoms with Gasteiger partial charge in [-0.25, -0.2) is 0 Å². The number of nitrogens with zero attached hydrogens (tertiary/aromatic N) is 2. The predicted molar refractivity (Wildman–Crippen MR) is 82.9 cm³/mol. The summed E-state index contributed by atoms with van der Waals surface area (Å²) >= 11 is 0. The highest BCUT2D eigenvalue weighted by Gasteiger charge is 2.16. The molecule has 0 saturated carbocycles. The van der Waals surface area contributed by atoms with Crippen molar-refractivity contribution < 1.29 is 9.47 Å². The number of rotatable bonds is 7. The first-order valence-electron chi connectivity index (χ1n) is 7.24. The zero-order valence-corrected chi connectivity index (χ0v) is 13.1. The molecular weight excluding hydrogens is 266 g/mol. The van der Waals surface area contributed by atoms with Crippen LogP contribution in [0.1, 0.15) is 31.0 Å². The molecule has 0 fully saturated rings. The summed E-state index contributed by atoms with van der Waals surface area (Å²) in [6.07, 6.45) is 3.88. The van der Waals surface area contributed by atoms with Gasteiger partial charge in [-0.05, 0) is 38.6 Å².